The minimum Gasteiger partial charge on any atom is -0.352 e. The van der Waals surface area contributed by atoms with Gasteiger partial charge in [0, 0.05) is 32.0 Å². The van der Waals surface area contributed by atoms with Crippen LogP contribution in [0.15, 0.2) is 89.8 Å². The molecule has 0 bridgehead atoms. The van der Waals surface area contributed by atoms with Crippen LogP contribution in [-0.2, 0) is 32.6 Å². The van der Waals surface area contributed by atoms with E-state index >= 15 is 0 Å². The molecule has 1 aliphatic rings. The Morgan fingerprint density at radius 2 is 1.50 bits per heavy atom. The molecule has 0 radical (unpaired) electrons. The second-order valence-corrected chi connectivity index (χ2v) is 11.8. The first-order valence-electron chi connectivity index (χ1n) is 13.6. The highest BCUT2D eigenvalue weighted by Crippen LogP contribution is 2.30. The molecule has 210 valence electrons. The summed E-state index contributed by atoms with van der Waals surface area (Å²) in [5.41, 5.74) is 1.94. The van der Waals surface area contributed by atoms with Crippen LogP contribution in [0.2, 0.25) is 0 Å². The van der Waals surface area contributed by atoms with Crippen LogP contribution in [0.25, 0.3) is 0 Å². The van der Waals surface area contributed by atoms with E-state index in [-0.39, 0.29) is 54.2 Å². The summed E-state index contributed by atoms with van der Waals surface area (Å²) in [6, 6.07) is 24.3. The van der Waals surface area contributed by atoms with E-state index in [1.54, 1.807) is 17.0 Å². The van der Waals surface area contributed by atoms with Crippen molar-refractivity contribution in [1.29, 1.82) is 0 Å². The lowest BCUT2D eigenvalue weighted by Crippen LogP contribution is -2.52. The molecule has 0 fully saturated rings. The molecule has 0 aromatic heterocycles. The van der Waals surface area contributed by atoms with E-state index in [0.717, 1.165) is 21.9 Å². The molecule has 40 heavy (non-hydrogen) atoms. The standard InChI is InChI=1S/C31H35N3O5S/c1-3-23(2)32-30(36)27(21-24-13-6-4-7-14-24)33(22-25-15-8-5-9-16-25)29(35)19-12-20-34-31(37)26-17-10-11-18-28(26)40(34,38)39/h4-11,13-18,23,27H,3,12,19-22H2,1-2H3,(H,32,36)/t23-,27+/m0/s1. The number of nitrogens with one attached hydrogen (secondary N) is 1. The lowest BCUT2D eigenvalue weighted by Gasteiger charge is -2.32. The summed E-state index contributed by atoms with van der Waals surface area (Å²) < 4.78 is 26.7. The van der Waals surface area contributed by atoms with Crippen molar-refractivity contribution in [1.82, 2.24) is 14.5 Å². The second kappa shape index (κ2) is 12.9. The second-order valence-electron chi connectivity index (χ2n) is 10.0. The molecule has 0 saturated carbocycles. The first kappa shape index (κ1) is 29.0. The maximum atomic E-state index is 13.8. The molecule has 1 aliphatic heterocycles. The molecule has 0 saturated heterocycles. The van der Waals surface area contributed by atoms with Gasteiger partial charge in [-0.15, -0.1) is 0 Å². The highest BCUT2D eigenvalue weighted by Gasteiger charge is 2.40. The molecule has 3 amide bonds. The Bertz CT molecular complexity index is 1440. The van der Waals surface area contributed by atoms with Crippen molar-refractivity contribution in [3.63, 3.8) is 0 Å². The van der Waals surface area contributed by atoms with Crippen LogP contribution in [0, 0.1) is 0 Å². The first-order valence-corrected chi connectivity index (χ1v) is 15.0. The molecule has 3 aromatic rings. The minimum atomic E-state index is -3.95. The number of rotatable bonds is 12. The van der Waals surface area contributed by atoms with E-state index in [9.17, 15) is 22.8 Å². The summed E-state index contributed by atoms with van der Waals surface area (Å²) in [5.74, 6) is -1.11. The molecule has 1 heterocycles. The van der Waals surface area contributed by atoms with E-state index in [2.05, 4.69) is 5.32 Å². The number of benzene rings is 3. The molecule has 0 spiro atoms. The molecule has 0 unspecified atom stereocenters. The summed E-state index contributed by atoms with van der Waals surface area (Å²) in [4.78, 5) is 41.7. The average Bonchev–Trinajstić information content (AvgIpc) is 3.16. The fourth-order valence-corrected chi connectivity index (χ4v) is 6.35. The van der Waals surface area contributed by atoms with Gasteiger partial charge in [0.2, 0.25) is 11.8 Å². The van der Waals surface area contributed by atoms with Gasteiger partial charge in [-0.2, -0.15) is 0 Å². The van der Waals surface area contributed by atoms with E-state index < -0.39 is 22.0 Å². The Labute approximate surface area is 236 Å². The van der Waals surface area contributed by atoms with Gasteiger partial charge in [-0.3, -0.25) is 14.4 Å². The Hall–Kier alpha value is -3.98. The number of fused-ring (bicyclic) bond motifs is 1. The maximum absolute atomic E-state index is 13.8. The summed E-state index contributed by atoms with van der Waals surface area (Å²) in [7, 11) is -3.95. The first-order chi connectivity index (χ1) is 19.2. The molecule has 8 nitrogen and oxygen atoms in total. The zero-order chi connectivity index (χ0) is 28.7. The van der Waals surface area contributed by atoms with Gasteiger partial charge in [0.15, 0.2) is 0 Å². The molecular weight excluding hydrogens is 526 g/mol. The Kier molecular flexibility index (Phi) is 9.37. The third-order valence-corrected chi connectivity index (χ3v) is 8.97. The lowest BCUT2D eigenvalue weighted by molar-refractivity contribution is -0.141. The SMILES string of the molecule is CC[C@H](C)NC(=O)[C@@H](Cc1ccccc1)N(Cc1ccccc1)C(=O)CCCN1C(=O)c2ccccc2S1(=O)=O. The van der Waals surface area contributed by atoms with Crippen molar-refractivity contribution >= 4 is 27.7 Å². The number of carbonyl (C=O) groups excluding carboxylic acids is 3. The zero-order valence-electron chi connectivity index (χ0n) is 22.8. The molecule has 0 aliphatic carbocycles. The number of hydrogen-bond acceptors (Lipinski definition) is 5. The predicted octanol–water partition coefficient (Wildman–Crippen LogP) is 4.17. The van der Waals surface area contributed by atoms with Crippen molar-refractivity contribution in [2.24, 2.45) is 0 Å². The zero-order valence-corrected chi connectivity index (χ0v) is 23.6. The van der Waals surface area contributed by atoms with Gasteiger partial charge in [-0.1, -0.05) is 79.7 Å². The van der Waals surface area contributed by atoms with Gasteiger partial charge in [-0.05, 0) is 43.0 Å². The monoisotopic (exact) mass is 561 g/mol. The summed E-state index contributed by atoms with van der Waals surface area (Å²) in [6.07, 6.45) is 1.19. The van der Waals surface area contributed by atoms with Crippen LogP contribution in [0.4, 0.5) is 0 Å². The largest absolute Gasteiger partial charge is 0.352 e. The van der Waals surface area contributed by atoms with Crippen LogP contribution in [-0.4, -0.2) is 54.0 Å². The van der Waals surface area contributed by atoms with Crippen molar-refractivity contribution in [2.45, 2.75) is 63.1 Å². The molecule has 4 rings (SSSR count). The smallest absolute Gasteiger partial charge is 0.269 e. The summed E-state index contributed by atoms with van der Waals surface area (Å²) in [6.45, 7) is 4.00. The number of amides is 3. The number of nitrogens with zero attached hydrogens (tertiary/aromatic N) is 2. The molecule has 1 N–H and O–H groups in total. The minimum absolute atomic E-state index is 0.0123. The summed E-state index contributed by atoms with van der Waals surface area (Å²) >= 11 is 0. The van der Waals surface area contributed by atoms with Crippen LogP contribution < -0.4 is 5.32 Å². The Balaban J connectivity index is 1.55. The number of hydrogen-bond donors (Lipinski definition) is 1. The predicted molar refractivity (Wildman–Crippen MR) is 153 cm³/mol. The highest BCUT2D eigenvalue weighted by atomic mass is 32.2. The van der Waals surface area contributed by atoms with E-state index in [1.807, 2.05) is 74.5 Å². The fourth-order valence-electron chi connectivity index (χ4n) is 4.74. The fraction of sp³-hybridized carbons (Fsp3) is 0.323. The quantitative estimate of drug-likeness (QED) is 0.358. The third kappa shape index (κ3) is 6.59. The maximum Gasteiger partial charge on any atom is 0.269 e. The normalized spacial score (nSPS) is 15.2. The van der Waals surface area contributed by atoms with Crippen LogP contribution in [0.1, 0.15) is 54.6 Å². The van der Waals surface area contributed by atoms with Crippen LogP contribution in [0.3, 0.4) is 0 Å². The Morgan fingerprint density at radius 1 is 0.900 bits per heavy atom. The van der Waals surface area contributed by atoms with Crippen molar-refractivity contribution < 1.29 is 22.8 Å². The Morgan fingerprint density at radius 3 is 2.12 bits per heavy atom. The van der Waals surface area contributed by atoms with Crippen LogP contribution >= 0.6 is 0 Å². The molecule has 3 aromatic carbocycles. The topological polar surface area (TPSA) is 104 Å². The molecule has 2 atom stereocenters. The van der Waals surface area contributed by atoms with E-state index in [1.165, 1.54) is 12.1 Å². The molecule has 9 heteroatoms. The highest BCUT2D eigenvalue weighted by molar-refractivity contribution is 7.90. The third-order valence-electron chi connectivity index (χ3n) is 7.13. The van der Waals surface area contributed by atoms with Crippen molar-refractivity contribution in [3.8, 4) is 0 Å². The van der Waals surface area contributed by atoms with Crippen molar-refractivity contribution in [3.05, 3.63) is 102 Å². The van der Waals surface area contributed by atoms with Crippen LogP contribution in [0.5, 0.6) is 0 Å². The van der Waals surface area contributed by atoms with E-state index in [0.29, 0.717) is 6.42 Å². The number of sulfonamides is 1. The van der Waals surface area contributed by atoms with Gasteiger partial charge in [-0.25, -0.2) is 12.7 Å². The van der Waals surface area contributed by atoms with Gasteiger partial charge in [0.1, 0.15) is 10.9 Å². The van der Waals surface area contributed by atoms with Gasteiger partial charge >= 0.3 is 0 Å². The average molecular weight is 562 g/mol. The number of carbonyl (C=O) groups is 3. The van der Waals surface area contributed by atoms with E-state index in [4.69, 9.17) is 0 Å². The van der Waals surface area contributed by atoms with Crippen molar-refractivity contribution in [2.75, 3.05) is 6.54 Å². The molecular formula is C31H35N3O5S. The van der Waals surface area contributed by atoms with Gasteiger partial charge in [0.25, 0.3) is 15.9 Å². The van der Waals surface area contributed by atoms with Gasteiger partial charge in [0.05, 0.1) is 5.56 Å². The van der Waals surface area contributed by atoms with Gasteiger partial charge < -0.3 is 10.2 Å². The lowest BCUT2D eigenvalue weighted by atomic mass is 10.0. The summed E-state index contributed by atoms with van der Waals surface area (Å²) in [5, 5.41) is 3.03.